The third-order valence-corrected chi connectivity index (χ3v) is 3.91. The van der Waals surface area contributed by atoms with Gasteiger partial charge >= 0.3 is 0 Å². The Balaban J connectivity index is 1.58. The number of hydrogen-bond acceptors (Lipinski definition) is 3. The van der Waals surface area contributed by atoms with Gasteiger partial charge in [-0.25, -0.2) is 4.98 Å². The molecular formula is C19H16N4. The van der Waals surface area contributed by atoms with Crippen molar-refractivity contribution in [3.63, 3.8) is 0 Å². The largest absolute Gasteiger partial charge is 0.381 e. The van der Waals surface area contributed by atoms with Crippen molar-refractivity contribution in [2.75, 3.05) is 5.32 Å². The van der Waals surface area contributed by atoms with Crippen LogP contribution in [-0.2, 0) is 6.54 Å². The molecule has 2 N–H and O–H groups in total. The van der Waals surface area contributed by atoms with Crippen LogP contribution in [0.15, 0.2) is 73.1 Å². The molecule has 1 heterocycles. The minimum absolute atomic E-state index is 0.777. The number of fused-ring (bicyclic) bond motifs is 1. The zero-order valence-electron chi connectivity index (χ0n) is 12.5. The van der Waals surface area contributed by atoms with Gasteiger partial charge in [-0.1, -0.05) is 54.6 Å². The highest BCUT2D eigenvalue weighted by Crippen LogP contribution is 2.22. The van der Waals surface area contributed by atoms with Crippen molar-refractivity contribution in [1.82, 2.24) is 15.2 Å². The van der Waals surface area contributed by atoms with Crippen LogP contribution < -0.4 is 5.32 Å². The summed E-state index contributed by atoms with van der Waals surface area (Å²) in [6.45, 7) is 0.779. The molecule has 112 valence electrons. The normalized spacial score (nSPS) is 10.8. The first-order valence-corrected chi connectivity index (χ1v) is 7.56. The van der Waals surface area contributed by atoms with Gasteiger partial charge in [-0.05, 0) is 28.5 Å². The van der Waals surface area contributed by atoms with Crippen molar-refractivity contribution in [3.8, 4) is 11.4 Å². The first kappa shape index (κ1) is 13.5. The summed E-state index contributed by atoms with van der Waals surface area (Å²) in [6, 6.07) is 23.0. The molecule has 0 saturated heterocycles. The van der Waals surface area contributed by atoms with Gasteiger partial charge in [0.25, 0.3) is 0 Å². The summed E-state index contributed by atoms with van der Waals surface area (Å²) < 4.78 is 0. The molecule has 0 amide bonds. The van der Waals surface area contributed by atoms with Gasteiger partial charge in [-0.2, -0.15) is 5.10 Å². The molecule has 0 spiro atoms. The first-order chi connectivity index (χ1) is 11.4. The van der Waals surface area contributed by atoms with E-state index in [0.717, 1.165) is 23.6 Å². The smallest absolute Gasteiger partial charge is 0.155 e. The van der Waals surface area contributed by atoms with E-state index in [1.165, 1.54) is 22.7 Å². The van der Waals surface area contributed by atoms with Gasteiger partial charge in [0.05, 0.1) is 0 Å². The summed E-state index contributed by atoms with van der Waals surface area (Å²) in [7, 11) is 0. The van der Waals surface area contributed by atoms with Gasteiger partial charge in [0.2, 0.25) is 0 Å². The van der Waals surface area contributed by atoms with Crippen molar-refractivity contribution < 1.29 is 0 Å². The van der Waals surface area contributed by atoms with Crippen molar-refractivity contribution in [2.45, 2.75) is 6.54 Å². The molecule has 0 atom stereocenters. The molecule has 0 saturated carbocycles. The van der Waals surface area contributed by atoms with E-state index >= 15 is 0 Å². The topological polar surface area (TPSA) is 53.6 Å². The lowest BCUT2D eigenvalue weighted by atomic mass is 10.0. The monoisotopic (exact) mass is 300 g/mol. The summed E-state index contributed by atoms with van der Waals surface area (Å²) in [6.07, 6.45) is 1.52. The maximum atomic E-state index is 4.19. The summed E-state index contributed by atoms with van der Waals surface area (Å²) in [4.78, 5) is 4.19. The Morgan fingerprint density at radius 2 is 1.78 bits per heavy atom. The lowest BCUT2D eigenvalue weighted by Gasteiger charge is -2.10. The molecule has 0 aliphatic heterocycles. The number of hydrogen-bond donors (Lipinski definition) is 2. The molecule has 4 nitrogen and oxygen atoms in total. The fourth-order valence-corrected chi connectivity index (χ4v) is 2.76. The Morgan fingerprint density at radius 1 is 0.913 bits per heavy atom. The van der Waals surface area contributed by atoms with E-state index in [0.29, 0.717) is 0 Å². The van der Waals surface area contributed by atoms with Crippen LogP contribution >= 0.6 is 0 Å². The van der Waals surface area contributed by atoms with Crippen LogP contribution in [0, 0.1) is 0 Å². The van der Waals surface area contributed by atoms with Gasteiger partial charge in [0, 0.05) is 17.8 Å². The van der Waals surface area contributed by atoms with Gasteiger partial charge in [-0.15, -0.1) is 0 Å². The third kappa shape index (κ3) is 2.79. The molecule has 23 heavy (non-hydrogen) atoms. The van der Waals surface area contributed by atoms with Crippen molar-refractivity contribution >= 4 is 16.5 Å². The summed E-state index contributed by atoms with van der Waals surface area (Å²) in [5, 5.41) is 12.8. The Kier molecular flexibility index (Phi) is 3.48. The van der Waals surface area contributed by atoms with Gasteiger partial charge < -0.3 is 5.32 Å². The molecule has 0 aliphatic carbocycles. The predicted octanol–water partition coefficient (Wildman–Crippen LogP) is 4.24. The fourth-order valence-electron chi connectivity index (χ4n) is 2.76. The predicted molar refractivity (Wildman–Crippen MR) is 93.1 cm³/mol. The van der Waals surface area contributed by atoms with E-state index in [1.807, 2.05) is 12.1 Å². The molecule has 0 fully saturated rings. The molecule has 0 bridgehead atoms. The number of rotatable bonds is 4. The number of benzene rings is 3. The molecular weight excluding hydrogens is 284 g/mol. The van der Waals surface area contributed by atoms with Crippen molar-refractivity contribution in [3.05, 3.63) is 78.6 Å². The van der Waals surface area contributed by atoms with Crippen LogP contribution in [0.5, 0.6) is 0 Å². The second-order valence-corrected chi connectivity index (χ2v) is 5.41. The quantitative estimate of drug-likeness (QED) is 0.593. The zero-order chi connectivity index (χ0) is 15.5. The first-order valence-electron chi connectivity index (χ1n) is 7.56. The number of aromatic amines is 1. The van der Waals surface area contributed by atoms with E-state index in [9.17, 15) is 0 Å². The Labute approximate surface area is 134 Å². The number of H-pyrrole nitrogens is 1. The SMILES string of the molecule is c1cc(NCc2cccc3ccccc23)cc(-c2ncn[nH]2)c1. The highest BCUT2D eigenvalue weighted by atomic mass is 15.2. The van der Waals surface area contributed by atoms with Crippen LogP contribution in [-0.4, -0.2) is 15.2 Å². The van der Waals surface area contributed by atoms with Crippen molar-refractivity contribution in [1.29, 1.82) is 0 Å². The average Bonchev–Trinajstić information content (AvgIpc) is 3.15. The summed E-state index contributed by atoms with van der Waals surface area (Å²) >= 11 is 0. The molecule has 4 rings (SSSR count). The summed E-state index contributed by atoms with van der Waals surface area (Å²) in [5.74, 6) is 0.777. The minimum atomic E-state index is 0.777. The lowest BCUT2D eigenvalue weighted by molar-refractivity contribution is 1.09. The Morgan fingerprint density at radius 3 is 2.70 bits per heavy atom. The van der Waals surface area contributed by atoms with E-state index < -0.39 is 0 Å². The Hall–Kier alpha value is -3.14. The molecule has 3 aromatic carbocycles. The van der Waals surface area contributed by atoms with Crippen LogP contribution in [0.4, 0.5) is 5.69 Å². The average molecular weight is 300 g/mol. The number of anilines is 1. The molecule has 0 aliphatic rings. The highest BCUT2D eigenvalue weighted by Gasteiger charge is 2.03. The van der Waals surface area contributed by atoms with E-state index in [1.54, 1.807) is 0 Å². The molecule has 0 unspecified atom stereocenters. The van der Waals surface area contributed by atoms with Gasteiger partial charge in [0.15, 0.2) is 5.82 Å². The molecule has 0 radical (unpaired) electrons. The maximum Gasteiger partial charge on any atom is 0.155 e. The number of nitrogens with one attached hydrogen (secondary N) is 2. The van der Waals surface area contributed by atoms with Crippen LogP contribution in [0.25, 0.3) is 22.2 Å². The van der Waals surface area contributed by atoms with Crippen LogP contribution in [0.3, 0.4) is 0 Å². The number of aromatic nitrogens is 3. The van der Waals surface area contributed by atoms with Gasteiger partial charge in [0.1, 0.15) is 6.33 Å². The third-order valence-electron chi connectivity index (χ3n) is 3.91. The second-order valence-electron chi connectivity index (χ2n) is 5.41. The number of nitrogens with zero attached hydrogens (tertiary/aromatic N) is 2. The standard InChI is InChI=1S/C19H16N4/c1-2-10-18-14(5-1)6-3-8-16(18)12-20-17-9-4-7-15(11-17)19-21-13-22-23-19/h1-11,13,20H,12H2,(H,21,22,23). The Bertz CT molecular complexity index is 924. The van der Waals surface area contributed by atoms with Crippen LogP contribution in [0.1, 0.15) is 5.56 Å². The van der Waals surface area contributed by atoms with Crippen molar-refractivity contribution in [2.24, 2.45) is 0 Å². The lowest BCUT2D eigenvalue weighted by Crippen LogP contribution is -2.00. The maximum absolute atomic E-state index is 4.19. The van der Waals surface area contributed by atoms with Crippen LogP contribution in [0.2, 0.25) is 0 Å². The fraction of sp³-hybridized carbons (Fsp3) is 0.0526. The molecule has 1 aromatic heterocycles. The highest BCUT2D eigenvalue weighted by molar-refractivity contribution is 5.85. The van der Waals surface area contributed by atoms with Gasteiger partial charge in [-0.3, -0.25) is 5.10 Å². The van der Waals surface area contributed by atoms with E-state index in [4.69, 9.17) is 0 Å². The summed E-state index contributed by atoms with van der Waals surface area (Å²) in [5.41, 5.74) is 3.37. The minimum Gasteiger partial charge on any atom is -0.381 e. The molecule has 4 aromatic rings. The van der Waals surface area contributed by atoms with E-state index in [2.05, 4.69) is 75.1 Å². The zero-order valence-corrected chi connectivity index (χ0v) is 12.5. The van der Waals surface area contributed by atoms with E-state index in [-0.39, 0.29) is 0 Å². The second kappa shape index (κ2) is 5.93. The molecule has 4 heteroatoms.